The lowest BCUT2D eigenvalue weighted by Gasteiger charge is -2.64. The largest absolute Gasteiger partial charge is 0.458 e. The predicted molar refractivity (Wildman–Crippen MR) is 125 cm³/mol. The number of allylic oxidation sites excluding steroid dienone is 1. The maximum Gasteiger partial charge on any atom is 0.342 e. The molecule has 3 N–H and O–H groups in total. The summed E-state index contributed by atoms with van der Waals surface area (Å²) in [6.45, 7) is 4.69. The van der Waals surface area contributed by atoms with Crippen molar-refractivity contribution in [1.29, 1.82) is 0 Å². The highest BCUT2D eigenvalue weighted by Gasteiger charge is 2.93. The summed E-state index contributed by atoms with van der Waals surface area (Å²) in [7, 11) is 0. The molecule has 8 aliphatic rings. The van der Waals surface area contributed by atoms with Crippen molar-refractivity contribution in [3.05, 3.63) is 12.2 Å². The normalized spacial score (nSPS) is 62.0. The Morgan fingerprint density at radius 3 is 2.54 bits per heavy atom. The molecule has 210 valence electrons. The lowest BCUT2D eigenvalue weighted by Crippen LogP contribution is -2.79. The minimum atomic E-state index is -2.32. The van der Waals surface area contributed by atoms with Crippen molar-refractivity contribution >= 4 is 23.5 Å². The highest BCUT2D eigenvalue weighted by Crippen LogP contribution is 2.75. The second-order valence-corrected chi connectivity index (χ2v) is 13.8. The fraction of sp³-hybridized carbons (Fsp3) is 0.786. The highest BCUT2D eigenvalue weighted by atomic mass is 16.8. The van der Waals surface area contributed by atoms with E-state index in [9.17, 15) is 34.5 Å². The zero-order chi connectivity index (χ0) is 27.8. The number of aliphatic hydroxyl groups is 3. The van der Waals surface area contributed by atoms with Crippen LogP contribution >= 0.6 is 0 Å². The first kappa shape index (κ1) is 24.6. The number of carbonyl (C=O) groups excluding carboxylic acids is 4. The molecular formula is C28H32O11. The van der Waals surface area contributed by atoms with Crippen molar-refractivity contribution in [2.45, 2.75) is 93.3 Å². The minimum Gasteiger partial charge on any atom is -0.458 e. The smallest absolute Gasteiger partial charge is 0.342 e. The molecule has 0 aromatic heterocycles. The minimum absolute atomic E-state index is 0.0207. The van der Waals surface area contributed by atoms with Crippen LogP contribution in [-0.4, -0.2) is 85.8 Å². The summed E-state index contributed by atoms with van der Waals surface area (Å²) in [4.78, 5) is 55.5. The number of Topliss-reactive ketones (excluding diaryl/α,β-unsaturated/α-hetero) is 1. The van der Waals surface area contributed by atoms with Gasteiger partial charge in [0.05, 0.1) is 30.0 Å². The van der Waals surface area contributed by atoms with Crippen LogP contribution in [0.3, 0.4) is 0 Å². The molecule has 0 aromatic rings. The zero-order valence-electron chi connectivity index (χ0n) is 22.0. The molecule has 5 bridgehead atoms. The number of hydrogen-bond acceptors (Lipinski definition) is 11. The van der Waals surface area contributed by atoms with Crippen molar-refractivity contribution in [2.24, 2.45) is 34.5 Å². The summed E-state index contributed by atoms with van der Waals surface area (Å²) in [6, 6.07) is 0. The number of esters is 2. The average Bonchev–Trinajstić information content (AvgIpc) is 3.19. The van der Waals surface area contributed by atoms with Gasteiger partial charge >= 0.3 is 11.9 Å². The monoisotopic (exact) mass is 544 g/mol. The molecule has 2 saturated carbocycles. The van der Waals surface area contributed by atoms with Crippen LogP contribution in [0, 0.1) is 34.5 Å². The summed E-state index contributed by atoms with van der Waals surface area (Å²) < 4.78 is 24.9. The van der Waals surface area contributed by atoms with E-state index in [0.29, 0.717) is 0 Å². The van der Waals surface area contributed by atoms with Crippen molar-refractivity contribution in [2.75, 3.05) is 6.61 Å². The first-order chi connectivity index (χ1) is 18.2. The molecule has 2 spiro atoms. The van der Waals surface area contributed by atoms with Crippen molar-refractivity contribution in [1.82, 2.24) is 0 Å². The van der Waals surface area contributed by atoms with Gasteiger partial charge in [-0.25, -0.2) is 4.79 Å². The van der Waals surface area contributed by atoms with E-state index in [0.717, 1.165) is 0 Å². The number of rotatable bonds is 0. The Kier molecular flexibility index (Phi) is 4.09. The highest BCUT2D eigenvalue weighted by molar-refractivity contribution is 6.00. The fourth-order valence-corrected chi connectivity index (χ4v) is 10.6. The first-order valence-corrected chi connectivity index (χ1v) is 13.8. The number of ketones is 2. The van der Waals surface area contributed by atoms with Gasteiger partial charge in [-0.3, -0.25) is 14.4 Å². The van der Waals surface area contributed by atoms with Gasteiger partial charge < -0.3 is 34.3 Å². The predicted octanol–water partition coefficient (Wildman–Crippen LogP) is -0.277. The van der Waals surface area contributed by atoms with E-state index < -0.39 is 98.4 Å². The topological polar surface area (TPSA) is 166 Å². The third kappa shape index (κ3) is 2.10. The maximum atomic E-state index is 14.9. The Morgan fingerprint density at radius 1 is 1.05 bits per heavy atom. The number of hydrogen-bond donors (Lipinski definition) is 3. The quantitative estimate of drug-likeness (QED) is 0.344. The molecule has 3 aliphatic carbocycles. The maximum absolute atomic E-state index is 14.9. The average molecular weight is 545 g/mol. The van der Waals surface area contributed by atoms with Crippen LogP contribution in [-0.2, 0) is 38.1 Å². The van der Waals surface area contributed by atoms with Crippen LogP contribution < -0.4 is 0 Å². The Hall–Kier alpha value is -2.18. The van der Waals surface area contributed by atoms with Gasteiger partial charge in [0, 0.05) is 5.92 Å². The van der Waals surface area contributed by atoms with Gasteiger partial charge in [0.15, 0.2) is 28.4 Å². The van der Waals surface area contributed by atoms with Crippen molar-refractivity contribution in [3.8, 4) is 0 Å². The molecule has 8 rings (SSSR count). The molecule has 5 heterocycles. The van der Waals surface area contributed by atoms with Gasteiger partial charge in [0.2, 0.25) is 5.79 Å². The number of aliphatic hydroxyl groups excluding tert-OH is 1. The molecule has 5 saturated heterocycles. The summed E-state index contributed by atoms with van der Waals surface area (Å²) in [5.41, 5.74) is -10.4. The number of carbonyl (C=O) groups is 4. The molecule has 11 nitrogen and oxygen atoms in total. The van der Waals surface area contributed by atoms with Gasteiger partial charge in [0.1, 0.15) is 11.7 Å². The van der Waals surface area contributed by atoms with Crippen LogP contribution in [0.15, 0.2) is 12.2 Å². The first-order valence-electron chi connectivity index (χ1n) is 13.8. The van der Waals surface area contributed by atoms with Gasteiger partial charge in [-0.2, -0.15) is 0 Å². The Morgan fingerprint density at radius 2 is 1.79 bits per heavy atom. The molecule has 0 radical (unpaired) electrons. The van der Waals surface area contributed by atoms with E-state index in [-0.39, 0.29) is 38.7 Å². The van der Waals surface area contributed by atoms with Crippen molar-refractivity contribution < 1.29 is 53.4 Å². The van der Waals surface area contributed by atoms with Crippen LogP contribution in [0.2, 0.25) is 0 Å². The van der Waals surface area contributed by atoms with E-state index in [1.807, 2.05) is 0 Å². The van der Waals surface area contributed by atoms with Gasteiger partial charge in [-0.15, -0.1) is 0 Å². The Bertz CT molecular complexity index is 1330. The standard InChI is InChI=1S/C28H32O11/c1-22-10-17-24(3)28-18(22)19(31)27(39-28,36-11-14(22)20(32)37-17)13-9-16(30)25(34)7-4-5-15(29)23(25,2)12(13)6-8-26(28,35)21(33)38-24/h4-5,12-14,16-18,30,34-35H,6-11H2,1-3H3/t12-,13+,14-,16+,17-,18+,22-,23-,24-,25-,26-,27+,28+/m0/s1. The number of fused-ring (bicyclic) bond motifs is 5. The molecule has 7 fully saturated rings. The van der Waals surface area contributed by atoms with Gasteiger partial charge in [0.25, 0.3) is 0 Å². The Balaban J connectivity index is 1.43. The lowest BCUT2D eigenvalue weighted by atomic mass is 9.46. The SMILES string of the molecule is C[C@]12C[C@@H]3OC(=O)[C@@H]1CO[C@]14O[C@]5([C@@H]2C1=O)[C@@]3(C)OC(=O)[C@@]5(O)CC[C@H]1[C@H]4C[C@@H](O)[C@@]2(O)CC=CC(=O)[C@]12C. The second kappa shape index (κ2) is 6.49. The van der Waals surface area contributed by atoms with E-state index in [4.69, 9.17) is 18.9 Å². The third-order valence-electron chi connectivity index (χ3n) is 12.7. The molecule has 0 amide bonds. The van der Waals surface area contributed by atoms with Crippen LogP contribution in [0.5, 0.6) is 0 Å². The van der Waals surface area contributed by atoms with E-state index >= 15 is 0 Å². The Labute approximate surface area is 223 Å². The van der Waals surface area contributed by atoms with E-state index in [1.165, 1.54) is 12.2 Å². The number of ether oxygens (including phenoxy) is 4. The molecule has 0 aromatic carbocycles. The fourth-order valence-electron chi connectivity index (χ4n) is 10.6. The van der Waals surface area contributed by atoms with Crippen molar-refractivity contribution in [3.63, 3.8) is 0 Å². The summed E-state index contributed by atoms with van der Waals surface area (Å²) in [5, 5.41) is 35.6. The second-order valence-electron chi connectivity index (χ2n) is 13.8. The van der Waals surface area contributed by atoms with E-state index in [2.05, 4.69) is 0 Å². The molecule has 0 unspecified atom stereocenters. The summed E-state index contributed by atoms with van der Waals surface area (Å²) >= 11 is 0. The molecular weight excluding hydrogens is 512 g/mol. The molecule has 5 aliphatic heterocycles. The van der Waals surface area contributed by atoms with Gasteiger partial charge in [-0.05, 0) is 63.4 Å². The molecule has 11 heteroatoms. The molecule has 13 atom stereocenters. The molecule has 39 heavy (non-hydrogen) atoms. The van der Waals surface area contributed by atoms with Gasteiger partial charge in [-0.1, -0.05) is 13.0 Å². The summed E-state index contributed by atoms with van der Waals surface area (Å²) in [5.74, 6) is -8.35. The lowest BCUT2D eigenvalue weighted by molar-refractivity contribution is -0.382. The summed E-state index contributed by atoms with van der Waals surface area (Å²) in [6.07, 6.45) is 0.491. The van der Waals surface area contributed by atoms with Crippen LogP contribution in [0.1, 0.15) is 52.9 Å². The van der Waals surface area contributed by atoms with E-state index in [1.54, 1.807) is 20.8 Å². The van der Waals surface area contributed by atoms with Crippen LogP contribution in [0.25, 0.3) is 0 Å². The zero-order valence-corrected chi connectivity index (χ0v) is 22.0. The third-order valence-corrected chi connectivity index (χ3v) is 12.7. The van der Waals surface area contributed by atoms with Crippen LogP contribution in [0.4, 0.5) is 0 Å².